The number of nitrogens with zero attached hydrogens (tertiary/aromatic N) is 1. The summed E-state index contributed by atoms with van der Waals surface area (Å²) in [6, 6.07) is 17.2. The molecular weight excluding hydrogens is 454 g/mol. The van der Waals surface area contributed by atoms with E-state index >= 15 is 0 Å². The van der Waals surface area contributed by atoms with Gasteiger partial charge in [0.25, 0.3) is 0 Å². The lowest BCUT2D eigenvalue weighted by Gasteiger charge is -2.47. The predicted molar refractivity (Wildman–Crippen MR) is 141 cm³/mol. The molecule has 0 aromatic heterocycles. The summed E-state index contributed by atoms with van der Waals surface area (Å²) >= 11 is 0. The van der Waals surface area contributed by atoms with Gasteiger partial charge in [0, 0.05) is 6.42 Å². The van der Waals surface area contributed by atoms with Gasteiger partial charge in [-0.3, -0.25) is 0 Å². The Kier molecular flexibility index (Phi) is 8.05. The third-order valence-corrected chi connectivity index (χ3v) is 7.39. The minimum atomic E-state index is -1.30. The number of aliphatic hydroxyl groups excluding tert-OH is 3. The fraction of sp³-hybridized carbons (Fsp3) is 0.533. The summed E-state index contributed by atoms with van der Waals surface area (Å²) in [5, 5.41) is 31.9. The third kappa shape index (κ3) is 5.91. The molecule has 2 aromatic carbocycles. The Balaban J connectivity index is 1.54. The van der Waals surface area contributed by atoms with Crippen LogP contribution in [0.3, 0.4) is 0 Å². The van der Waals surface area contributed by atoms with Crippen molar-refractivity contribution in [2.24, 2.45) is 0 Å². The molecule has 1 aliphatic heterocycles. The summed E-state index contributed by atoms with van der Waals surface area (Å²) in [5.41, 5.74) is 6.12. The van der Waals surface area contributed by atoms with Crippen LogP contribution < -0.4 is 0 Å². The number of benzene rings is 2. The first kappa shape index (κ1) is 27.0. The van der Waals surface area contributed by atoms with Crippen molar-refractivity contribution in [3.05, 3.63) is 76.9 Å². The SMILES string of the molecule is CC(C)(C)OC[C@H]1O[C@@H]([N+](C)(C)CCC=C2c3ccccc3CCc3ccccc32)[C@H](O)[C@@H](O)[C@@H]1O. The number of hydrogen-bond acceptors (Lipinski definition) is 5. The average molecular weight is 497 g/mol. The summed E-state index contributed by atoms with van der Waals surface area (Å²) < 4.78 is 12.3. The quantitative estimate of drug-likeness (QED) is 0.535. The van der Waals surface area contributed by atoms with Crippen molar-refractivity contribution >= 4 is 5.57 Å². The van der Waals surface area contributed by atoms with Crippen molar-refractivity contribution in [1.82, 2.24) is 0 Å². The van der Waals surface area contributed by atoms with E-state index in [0.717, 1.165) is 19.3 Å². The largest absolute Gasteiger partial charge is 0.387 e. The van der Waals surface area contributed by atoms with E-state index in [2.05, 4.69) is 54.6 Å². The summed E-state index contributed by atoms with van der Waals surface area (Å²) in [5.74, 6) is 0. The number of ether oxygens (including phenoxy) is 2. The molecule has 6 nitrogen and oxygen atoms in total. The van der Waals surface area contributed by atoms with E-state index in [9.17, 15) is 15.3 Å². The van der Waals surface area contributed by atoms with Crippen LogP contribution in [0, 0.1) is 0 Å². The van der Waals surface area contributed by atoms with Crippen LogP contribution in [-0.2, 0) is 22.3 Å². The smallest absolute Gasteiger partial charge is 0.222 e. The van der Waals surface area contributed by atoms with Gasteiger partial charge < -0.3 is 29.3 Å². The Morgan fingerprint density at radius 1 is 0.889 bits per heavy atom. The molecule has 4 rings (SSSR count). The Morgan fingerprint density at radius 3 is 2.00 bits per heavy atom. The van der Waals surface area contributed by atoms with Gasteiger partial charge in [-0.05, 0) is 61.4 Å². The molecule has 0 unspecified atom stereocenters. The minimum Gasteiger partial charge on any atom is -0.387 e. The van der Waals surface area contributed by atoms with Crippen LogP contribution in [0.25, 0.3) is 5.57 Å². The monoisotopic (exact) mass is 496 g/mol. The van der Waals surface area contributed by atoms with Crippen LogP contribution in [0.5, 0.6) is 0 Å². The van der Waals surface area contributed by atoms with E-state index in [-0.39, 0.29) is 6.61 Å². The highest BCUT2D eigenvalue weighted by Gasteiger charge is 2.50. The molecule has 1 aliphatic carbocycles. The van der Waals surface area contributed by atoms with Gasteiger partial charge in [-0.1, -0.05) is 54.6 Å². The number of aryl methyl sites for hydroxylation is 2. The van der Waals surface area contributed by atoms with Gasteiger partial charge in [0.1, 0.15) is 18.3 Å². The number of rotatable bonds is 6. The van der Waals surface area contributed by atoms with Gasteiger partial charge in [-0.2, -0.15) is 0 Å². The number of likely N-dealkylation sites (N-methyl/N-ethyl adjacent to an activating group) is 1. The van der Waals surface area contributed by atoms with Crippen LogP contribution in [0.4, 0.5) is 0 Å². The summed E-state index contributed by atoms with van der Waals surface area (Å²) in [4.78, 5) is 0. The Bertz CT molecular complexity index is 1020. The second-order valence-corrected chi connectivity index (χ2v) is 11.7. The van der Waals surface area contributed by atoms with Crippen LogP contribution >= 0.6 is 0 Å². The van der Waals surface area contributed by atoms with Crippen molar-refractivity contribution in [2.75, 3.05) is 27.2 Å². The third-order valence-electron chi connectivity index (χ3n) is 7.39. The second-order valence-electron chi connectivity index (χ2n) is 11.7. The maximum atomic E-state index is 10.8. The van der Waals surface area contributed by atoms with E-state index in [1.807, 2.05) is 34.9 Å². The number of aliphatic hydroxyl groups is 3. The highest BCUT2D eigenvalue weighted by atomic mass is 16.6. The molecule has 0 spiro atoms. The molecule has 0 saturated carbocycles. The molecule has 0 bridgehead atoms. The summed E-state index contributed by atoms with van der Waals surface area (Å²) in [6.45, 7) is 6.63. The zero-order valence-electron chi connectivity index (χ0n) is 22.2. The zero-order valence-corrected chi connectivity index (χ0v) is 22.2. The maximum Gasteiger partial charge on any atom is 0.222 e. The van der Waals surface area contributed by atoms with Crippen molar-refractivity contribution in [1.29, 1.82) is 0 Å². The molecule has 5 atom stereocenters. The molecule has 36 heavy (non-hydrogen) atoms. The molecule has 2 aromatic rings. The Morgan fingerprint density at radius 2 is 1.44 bits per heavy atom. The number of hydrogen-bond donors (Lipinski definition) is 3. The predicted octanol–water partition coefficient (Wildman–Crippen LogP) is 3.31. The van der Waals surface area contributed by atoms with E-state index in [1.165, 1.54) is 27.8 Å². The van der Waals surface area contributed by atoms with Gasteiger partial charge in [-0.15, -0.1) is 0 Å². The van der Waals surface area contributed by atoms with Crippen molar-refractivity contribution in [3.8, 4) is 0 Å². The molecule has 2 aliphatic rings. The number of quaternary nitrogens is 1. The van der Waals surface area contributed by atoms with E-state index in [4.69, 9.17) is 9.47 Å². The number of fused-ring (bicyclic) bond motifs is 2. The molecule has 0 amide bonds. The first-order valence-electron chi connectivity index (χ1n) is 13.0. The minimum absolute atomic E-state index is 0.141. The molecular formula is C30H42NO5+. The molecule has 6 heteroatoms. The van der Waals surface area contributed by atoms with Crippen LogP contribution in [-0.4, -0.2) is 83.3 Å². The summed E-state index contributed by atoms with van der Waals surface area (Å²) in [7, 11) is 3.99. The molecule has 3 N–H and O–H groups in total. The Hall–Kier alpha value is -2.06. The van der Waals surface area contributed by atoms with Crippen molar-refractivity contribution in [3.63, 3.8) is 0 Å². The lowest BCUT2D eigenvalue weighted by molar-refractivity contribution is -0.944. The normalized spacial score (nSPS) is 26.7. The van der Waals surface area contributed by atoms with Crippen LogP contribution in [0.2, 0.25) is 0 Å². The van der Waals surface area contributed by atoms with Crippen molar-refractivity contribution in [2.45, 2.75) is 76.3 Å². The highest BCUT2D eigenvalue weighted by molar-refractivity contribution is 5.83. The standard InChI is InChI=1S/C30H42NO5/c1-30(2,3)35-19-25-26(32)27(33)28(34)29(36-25)31(4,5)18-10-15-24-22-13-8-6-11-20(22)16-17-21-12-7-9-14-23(21)24/h6-9,11-15,25-29,32-34H,10,16-19H2,1-5H3/q+1/t25-,26-,27+,28-,29-/m1/s1. The zero-order chi connectivity index (χ0) is 26.1. The first-order chi connectivity index (χ1) is 17.0. The van der Waals surface area contributed by atoms with Gasteiger partial charge in [0.05, 0.1) is 32.8 Å². The van der Waals surface area contributed by atoms with Gasteiger partial charge in [-0.25, -0.2) is 0 Å². The van der Waals surface area contributed by atoms with E-state index < -0.39 is 36.2 Å². The molecule has 1 saturated heterocycles. The van der Waals surface area contributed by atoms with Crippen molar-refractivity contribution < 1.29 is 29.3 Å². The molecule has 196 valence electrons. The lowest BCUT2D eigenvalue weighted by Crippen LogP contribution is -2.67. The first-order valence-corrected chi connectivity index (χ1v) is 13.0. The molecule has 0 radical (unpaired) electrons. The second kappa shape index (κ2) is 10.7. The summed E-state index contributed by atoms with van der Waals surface area (Å²) in [6.07, 6.45) is -0.0172. The average Bonchev–Trinajstić information content (AvgIpc) is 2.98. The Labute approximate surface area is 215 Å². The maximum absolute atomic E-state index is 10.8. The lowest BCUT2D eigenvalue weighted by atomic mass is 9.93. The van der Waals surface area contributed by atoms with E-state index in [0.29, 0.717) is 11.0 Å². The highest BCUT2D eigenvalue weighted by Crippen LogP contribution is 2.34. The molecule has 1 fully saturated rings. The fourth-order valence-corrected chi connectivity index (χ4v) is 5.28. The van der Waals surface area contributed by atoms with Gasteiger partial charge in [0.2, 0.25) is 6.23 Å². The van der Waals surface area contributed by atoms with Gasteiger partial charge in [0.15, 0.2) is 6.10 Å². The van der Waals surface area contributed by atoms with Crippen LogP contribution in [0.15, 0.2) is 54.6 Å². The fourth-order valence-electron chi connectivity index (χ4n) is 5.28. The van der Waals surface area contributed by atoms with Crippen LogP contribution in [0.1, 0.15) is 49.4 Å². The molecule has 1 heterocycles. The van der Waals surface area contributed by atoms with Gasteiger partial charge >= 0.3 is 0 Å². The van der Waals surface area contributed by atoms with E-state index in [1.54, 1.807) is 0 Å². The topological polar surface area (TPSA) is 79.2 Å².